The fourth-order valence-corrected chi connectivity index (χ4v) is 2.52. The van der Waals surface area contributed by atoms with E-state index in [2.05, 4.69) is 15.6 Å². The standard InChI is InChI=1S/C16H25N3O5S/c1-15(2,3)23-13(21)18-10(9-20)7-11-8-17-12(25-11)19-14(22)24-16(4,5)6/h8-10H,7H2,1-6H3,(H,18,21)(H,17,19,22). The molecule has 0 spiro atoms. The number of aromatic nitrogens is 1. The van der Waals surface area contributed by atoms with Gasteiger partial charge in [0.15, 0.2) is 5.13 Å². The number of nitrogens with zero attached hydrogens (tertiary/aromatic N) is 1. The second-order valence-corrected chi connectivity index (χ2v) is 8.47. The molecule has 0 fully saturated rings. The third-order valence-corrected chi connectivity index (χ3v) is 3.38. The zero-order valence-corrected chi connectivity index (χ0v) is 16.2. The molecule has 0 saturated carbocycles. The van der Waals surface area contributed by atoms with Gasteiger partial charge in [0.2, 0.25) is 0 Å². The van der Waals surface area contributed by atoms with E-state index in [0.29, 0.717) is 11.4 Å². The van der Waals surface area contributed by atoms with Crippen LogP contribution in [0.25, 0.3) is 0 Å². The van der Waals surface area contributed by atoms with Gasteiger partial charge in [0.05, 0.1) is 6.04 Å². The maximum atomic E-state index is 11.7. The van der Waals surface area contributed by atoms with Crippen molar-refractivity contribution in [3.63, 3.8) is 0 Å². The quantitative estimate of drug-likeness (QED) is 0.770. The summed E-state index contributed by atoms with van der Waals surface area (Å²) in [5, 5.41) is 5.37. The minimum atomic E-state index is -0.746. The van der Waals surface area contributed by atoms with Gasteiger partial charge in [-0.05, 0) is 41.5 Å². The number of alkyl carbamates (subject to hydrolysis) is 1. The number of anilines is 1. The van der Waals surface area contributed by atoms with E-state index in [1.54, 1.807) is 41.5 Å². The molecule has 0 aliphatic rings. The van der Waals surface area contributed by atoms with Crippen LogP contribution in [0.2, 0.25) is 0 Å². The summed E-state index contributed by atoms with van der Waals surface area (Å²) in [6.45, 7) is 10.5. The van der Waals surface area contributed by atoms with Gasteiger partial charge < -0.3 is 19.6 Å². The SMILES string of the molecule is CC(C)(C)OC(=O)Nc1ncc(CC(C=O)NC(=O)OC(C)(C)C)s1. The maximum absolute atomic E-state index is 11.7. The number of carbonyl (C=O) groups excluding carboxylic acids is 3. The monoisotopic (exact) mass is 371 g/mol. The average Bonchev–Trinajstić information content (AvgIpc) is 2.80. The lowest BCUT2D eigenvalue weighted by atomic mass is 10.2. The Hall–Kier alpha value is -2.16. The summed E-state index contributed by atoms with van der Waals surface area (Å²) >= 11 is 1.20. The van der Waals surface area contributed by atoms with Gasteiger partial charge in [0.25, 0.3) is 0 Å². The van der Waals surface area contributed by atoms with Crippen LogP contribution < -0.4 is 10.6 Å². The Morgan fingerprint density at radius 1 is 1.16 bits per heavy atom. The zero-order valence-electron chi connectivity index (χ0n) is 15.3. The van der Waals surface area contributed by atoms with Gasteiger partial charge in [-0.1, -0.05) is 0 Å². The molecule has 1 heterocycles. The van der Waals surface area contributed by atoms with Crippen LogP contribution in [0, 0.1) is 0 Å². The van der Waals surface area contributed by atoms with Crippen molar-refractivity contribution >= 4 is 34.9 Å². The number of carbonyl (C=O) groups is 3. The highest BCUT2D eigenvalue weighted by Crippen LogP contribution is 2.20. The molecule has 0 saturated heterocycles. The van der Waals surface area contributed by atoms with Crippen molar-refractivity contribution in [1.29, 1.82) is 0 Å². The fourth-order valence-electron chi connectivity index (χ4n) is 1.66. The number of thiazole rings is 1. The Bertz CT molecular complexity index is 616. The lowest BCUT2D eigenvalue weighted by molar-refractivity contribution is -0.109. The molecular weight excluding hydrogens is 346 g/mol. The second kappa shape index (κ2) is 8.28. The van der Waals surface area contributed by atoms with E-state index in [1.807, 2.05) is 0 Å². The molecule has 1 rings (SSSR count). The summed E-state index contributed by atoms with van der Waals surface area (Å²) < 4.78 is 10.3. The van der Waals surface area contributed by atoms with Crippen molar-refractivity contribution in [2.75, 3.05) is 5.32 Å². The van der Waals surface area contributed by atoms with E-state index in [1.165, 1.54) is 17.5 Å². The summed E-state index contributed by atoms with van der Waals surface area (Å²) in [4.78, 5) is 39.4. The van der Waals surface area contributed by atoms with E-state index >= 15 is 0 Å². The first-order valence-corrected chi connectivity index (χ1v) is 8.59. The smallest absolute Gasteiger partial charge is 0.413 e. The van der Waals surface area contributed by atoms with Gasteiger partial charge in [0, 0.05) is 17.5 Å². The highest BCUT2D eigenvalue weighted by molar-refractivity contribution is 7.15. The Morgan fingerprint density at radius 2 is 1.72 bits per heavy atom. The zero-order chi connectivity index (χ0) is 19.3. The molecule has 2 N–H and O–H groups in total. The van der Waals surface area contributed by atoms with Gasteiger partial charge in [-0.2, -0.15) is 0 Å². The van der Waals surface area contributed by atoms with Crippen molar-refractivity contribution in [2.24, 2.45) is 0 Å². The predicted octanol–water partition coefficient (Wildman–Crippen LogP) is 3.12. The molecule has 1 aromatic heterocycles. The number of aldehydes is 1. The van der Waals surface area contributed by atoms with Crippen LogP contribution >= 0.6 is 11.3 Å². The van der Waals surface area contributed by atoms with Crippen LogP contribution in [0.4, 0.5) is 14.7 Å². The van der Waals surface area contributed by atoms with Crippen LogP contribution in [-0.2, 0) is 20.7 Å². The molecular formula is C16H25N3O5S. The maximum Gasteiger partial charge on any atom is 0.413 e. The van der Waals surface area contributed by atoms with Crippen LogP contribution in [-0.4, -0.2) is 40.7 Å². The van der Waals surface area contributed by atoms with E-state index in [4.69, 9.17) is 9.47 Å². The van der Waals surface area contributed by atoms with E-state index in [0.717, 1.165) is 4.88 Å². The second-order valence-electron chi connectivity index (χ2n) is 7.35. The number of hydrogen-bond acceptors (Lipinski definition) is 7. The molecule has 1 aromatic rings. The minimum absolute atomic E-state index is 0.246. The lowest BCUT2D eigenvalue weighted by Gasteiger charge is -2.21. The molecule has 2 amide bonds. The molecule has 0 radical (unpaired) electrons. The Balaban J connectivity index is 2.58. The van der Waals surface area contributed by atoms with Gasteiger partial charge in [0.1, 0.15) is 17.5 Å². The van der Waals surface area contributed by atoms with Crippen molar-refractivity contribution < 1.29 is 23.9 Å². The topological polar surface area (TPSA) is 107 Å². The summed E-state index contributed by atoms with van der Waals surface area (Å²) in [6.07, 6.45) is 1.14. The third kappa shape index (κ3) is 9.04. The molecule has 0 bridgehead atoms. The van der Waals surface area contributed by atoms with Gasteiger partial charge in [-0.25, -0.2) is 14.6 Å². The number of ether oxygens (including phenoxy) is 2. The van der Waals surface area contributed by atoms with Gasteiger partial charge in [-0.15, -0.1) is 11.3 Å². The van der Waals surface area contributed by atoms with Gasteiger partial charge in [-0.3, -0.25) is 5.32 Å². The first kappa shape index (κ1) is 20.9. The summed E-state index contributed by atoms with van der Waals surface area (Å²) in [7, 11) is 0. The Morgan fingerprint density at radius 3 is 2.24 bits per heavy atom. The van der Waals surface area contributed by atoms with Crippen molar-refractivity contribution in [2.45, 2.75) is 65.2 Å². The molecule has 0 aliphatic carbocycles. The van der Waals surface area contributed by atoms with Crippen molar-refractivity contribution in [1.82, 2.24) is 10.3 Å². The van der Waals surface area contributed by atoms with Gasteiger partial charge >= 0.3 is 12.2 Å². The highest BCUT2D eigenvalue weighted by Gasteiger charge is 2.21. The molecule has 9 heteroatoms. The number of hydrogen-bond donors (Lipinski definition) is 2. The van der Waals surface area contributed by atoms with E-state index in [-0.39, 0.29) is 6.42 Å². The van der Waals surface area contributed by atoms with Crippen molar-refractivity contribution in [3.05, 3.63) is 11.1 Å². The molecule has 0 aliphatic heterocycles. The normalized spacial score (nSPS) is 12.9. The average molecular weight is 371 g/mol. The van der Waals surface area contributed by atoms with Crippen LogP contribution in [0.3, 0.4) is 0 Å². The Labute approximate surface area is 151 Å². The van der Waals surface area contributed by atoms with Crippen LogP contribution in [0.15, 0.2) is 6.20 Å². The lowest BCUT2D eigenvalue weighted by Crippen LogP contribution is -2.41. The first-order valence-electron chi connectivity index (χ1n) is 7.77. The Kier molecular flexibility index (Phi) is 6.92. The van der Waals surface area contributed by atoms with Crippen LogP contribution in [0.5, 0.6) is 0 Å². The molecule has 8 nitrogen and oxygen atoms in total. The molecule has 0 aromatic carbocycles. The third-order valence-electron chi connectivity index (χ3n) is 2.45. The molecule has 25 heavy (non-hydrogen) atoms. The summed E-state index contributed by atoms with van der Waals surface area (Å²) in [5.41, 5.74) is -1.25. The molecule has 140 valence electrons. The summed E-state index contributed by atoms with van der Waals surface area (Å²) in [5.74, 6) is 0. The van der Waals surface area contributed by atoms with E-state index < -0.39 is 29.4 Å². The molecule has 1 atom stereocenters. The predicted molar refractivity (Wildman–Crippen MR) is 94.9 cm³/mol. The number of rotatable bonds is 5. The van der Waals surface area contributed by atoms with E-state index in [9.17, 15) is 14.4 Å². The number of nitrogens with one attached hydrogen (secondary N) is 2. The van der Waals surface area contributed by atoms with Crippen LogP contribution in [0.1, 0.15) is 46.4 Å². The molecule has 1 unspecified atom stereocenters. The largest absolute Gasteiger partial charge is 0.444 e. The summed E-state index contributed by atoms with van der Waals surface area (Å²) in [6, 6.07) is -0.746. The minimum Gasteiger partial charge on any atom is -0.444 e. The van der Waals surface area contributed by atoms with Crippen molar-refractivity contribution in [3.8, 4) is 0 Å². The number of amides is 2. The fraction of sp³-hybridized carbons (Fsp3) is 0.625. The highest BCUT2D eigenvalue weighted by atomic mass is 32.1. The first-order chi connectivity index (χ1) is 11.4.